The quantitative estimate of drug-likeness (QED) is 0.467. The smallest absolute Gasteiger partial charge is 0.359 e. The molecule has 0 atom stereocenters. The van der Waals surface area contributed by atoms with Gasteiger partial charge in [0.2, 0.25) is 0 Å². The number of thioether (sulfide) groups is 1. The Labute approximate surface area is 152 Å². The van der Waals surface area contributed by atoms with Gasteiger partial charge in [0.1, 0.15) is 0 Å². The molecule has 0 bridgehead atoms. The molecule has 0 aliphatic heterocycles. The van der Waals surface area contributed by atoms with Crippen LogP contribution < -0.4 is 5.32 Å². The lowest BCUT2D eigenvalue weighted by Crippen LogP contribution is -2.28. The van der Waals surface area contributed by atoms with Gasteiger partial charge in [-0.25, -0.2) is 14.8 Å². The van der Waals surface area contributed by atoms with Crippen molar-refractivity contribution in [3.8, 4) is 0 Å². The van der Waals surface area contributed by atoms with Gasteiger partial charge in [0.15, 0.2) is 17.5 Å². The highest BCUT2D eigenvalue weighted by Crippen LogP contribution is 2.17. The minimum atomic E-state index is -0.786. The molecule has 0 saturated carbocycles. The molecule has 6 nitrogen and oxygen atoms in total. The second-order valence-electron chi connectivity index (χ2n) is 4.50. The normalized spacial score (nSPS) is 10.3. The largest absolute Gasteiger partial charge is 0.451 e. The number of ether oxygens (including phenoxy) is 1. The Morgan fingerprint density at radius 1 is 1.25 bits per heavy atom. The van der Waals surface area contributed by atoms with Gasteiger partial charge in [-0.1, -0.05) is 53.2 Å². The number of hydrogen-bond acceptors (Lipinski definition) is 6. The molecule has 0 unspecified atom stereocenters. The lowest BCUT2D eigenvalue weighted by molar-refractivity contribution is -0.124. The zero-order valence-corrected chi connectivity index (χ0v) is 14.9. The number of carbonyl (C=O) groups is 2. The highest BCUT2D eigenvalue weighted by Gasteiger charge is 2.17. The summed E-state index contributed by atoms with van der Waals surface area (Å²) in [5.41, 5.74) is 0.692. The molecule has 0 radical (unpaired) electrons. The summed E-state index contributed by atoms with van der Waals surface area (Å²) in [5, 5.41) is 3.61. The predicted octanol–water partition coefficient (Wildman–Crippen LogP) is 2.98. The molecule has 0 spiro atoms. The minimum Gasteiger partial charge on any atom is -0.451 e. The third kappa shape index (κ3) is 5.09. The summed E-state index contributed by atoms with van der Waals surface area (Å²) in [6.45, 7) is -0.209. The van der Waals surface area contributed by atoms with Gasteiger partial charge in [-0.3, -0.25) is 4.79 Å². The van der Waals surface area contributed by atoms with Crippen LogP contribution in [-0.2, 0) is 16.1 Å². The zero-order valence-electron chi connectivity index (χ0n) is 12.6. The van der Waals surface area contributed by atoms with Gasteiger partial charge in [-0.05, 0) is 17.9 Å². The average Bonchev–Trinajstić information content (AvgIpc) is 2.59. The standard InChI is InChI=1S/C15H13Cl2N3O3S/c1-24-15-19-7-11(17)13(20-15)14(22)23-8-12(21)18-6-9-4-2-3-5-10(9)16/h2-5,7H,6,8H2,1H3,(H,18,21). The van der Waals surface area contributed by atoms with E-state index in [9.17, 15) is 9.59 Å². The van der Waals surface area contributed by atoms with Crippen LogP contribution in [0.5, 0.6) is 0 Å². The molecule has 2 aromatic rings. The number of rotatable bonds is 6. The minimum absolute atomic E-state index is 0.0641. The molecule has 1 heterocycles. The Morgan fingerprint density at radius 2 is 2.00 bits per heavy atom. The number of amides is 1. The monoisotopic (exact) mass is 385 g/mol. The van der Waals surface area contributed by atoms with Crippen LogP contribution in [0, 0.1) is 0 Å². The fraction of sp³-hybridized carbons (Fsp3) is 0.200. The van der Waals surface area contributed by atoms with Gasteiger partial charge < -0.3 is 10.1 Å². The first-order chi connectivity index (χ1) is 11.5. The predicted molar refractivity (Wildman–Crippen MR) is 92.4 cm³/mol. The topological polar surface area (TPSA) is 81.2 Å². The Hall–Kier alpha value is -1.83. The van der Waals surface area contributed by atoms with Crippen molar-refractivity contribution < 1.29 is 14.3 Å². The van der Waals surface area contributed by atoms with E-state index in [2.05, 4.69) is 15.3 Å². The molecule has 0 aliphatic carbocycles. The van der Waals surface area contributed by atoms with Crippen molar-refractivity contribution in [1.29, 1.82) is 0 Å². The summed E-state index contributed by atoms with van der Waals surface area (Å²) < 4.78 is 4.92. The average molecular weight is 386 g/mol. The molecule has 126 valence electrons. The Morgan fingerprint density at radius 3 is 2.71 bits per heavy atom. The summed E-state index contributed by atoms with van der Waals surface area (Å²) >= 11 is 13.1. The van der Waals surface area contributed by atoms with Crippen molar-refractivity contribution in [2.24, 2.45) is 0 Å². The maximum absolute atomic E-state index is 12.0. The summed E-state index contributed by atoms with van der Waals surface area (Å²) in [6.07, 6.45) is 3.08. The van der Waals surface area contributed by atoms with E-state index in [4.69, 9.17) is 27.9 Å². The van der Waals surface area contributed by atoms with Crippen molar-refractivity contribution in [3.63, 3.8) is 0 Å². The fourth-order valence-electron chi connectivity index (χ4n) is 1.68. The lowest BCUT2D eigenvalue weighted by atomic mass is 10.2. The van der Waals surface area contributed by atoms with E-state index in [1.165, 1.54) is 18.0 Å². The van der Waals surface area contributed by atoms with Crippen LogP contribution in [0.15, 0.2) is 35.6 Å². The summed E-state index contributed by atoms with van der Waals surface area (Å²) in [6, 6.07) is 7.13. The fourth-order valence-corrected chi connectivity index (χ4v) is 2.39. The van der Waals surface area contributed by atoms with Crippen LogP contribution in [0.25, 0.3) is 0 Å². The molecule has 1 N–H and O–H groups in total. The number of halogens is 2. The highest BCUT2D eigenvalue weighted by molar-refractivity contribution is 7.98. The Bertz CT molecular complexity index is 758. The van der Waals surface area contributed by atoms with Crippen molar-refractivity contribution in [2.75, 3.05) is 12.9 Å². The third-order valence-electron chi connectivity index (χ3n) is 2.87. The Kier molecular flexibility index (Phi) is 6.84. The van der Waals surface area contributed by atoms with E-state index in [-0.39, 0.29) is 17.3 Å². The maximum atomic E-state index is 12.0. The second-order valence-corrected chi connectivity index (χ2v) is 6.09. The molecule has 1 aromatic carbocycles. The van der Waals surface area contributed by atoms with E-state index < -0.39 is 18.5 Å². The highest BCUT2D eigenvalue weighted by atomic mass is 35.5. The molecule has 0 fully saturated rings. The van der Waals surface area contributed by atoms with Gasteiger partial charge in [-0.2, -0.15) is 0 Å². The van der Waals surface area contributed by atoms with Crippen LogP contribution in [0.1, 0.15) is 16.1 Å². The molecule has 0 aliphatic rings. The molecule has 0 saturated heterocycles. The maximum Gasteiger partial charge on any atom is 0.359 e. The van der Waals surface area contributed by atoms with Crippen LogP contribution in [0.4, 0.5) is 0 Å². The van der Waals surface area contributed by atoms with Gasteiger partial charge in [0.05, 0.1) is 11.2 Å². The van der Waals surface area contributed by atoms with Crippen molar-refractivity contribution in [2.45, 2.75) is 11.7 Å². The first kappa shape index (κ1) is 18.5. The number of nitrogens with one attached hydrogen (secondary N) is 1. The molecule has 1 aromatic heterocycles. The van der Waals surface area contributed by atoms with Gasteiger partial charge in [-0.15, -0.1) is 0 Å². The van der Waals surface area contributed by atoms with Crippen LogP contribution >= 0.6 is 35.0 Å². The summed E-state index contributed by atoms with van der Waals surface area (Å²) in [7, 11) is 0. The van der Waals surface area contributed by atoms with E-state index in [1.54, 1.807) is 24.5 Å². The van der Waals surface area contributed by atoms with Crippen molar-refractivity contribution >= 4 is 46.8 Å². The van der Waals surface area contributed by atoms with Crippen LogP contribution in [-0.4, -0.2) is 34.7 Å². The second kappa shape index (κ2) is 8.86. The number of carbonyl (C=O) groups excluding carboxylic acids is 2. The zero-order chi connectivity index (χ0) is 17.5. The first-order valence-electron chi connectivity index (χ1n) is 6.75. The van der Waals surface area contributed by atoms with Crippen molar-refractivity contribution in [1.82, 2.24) is 15.3 Å². The van der Waals surface area contributed by atoms with E-state index >= 15 is 0 Å². The van der Waals surface area contributed by atoms with E-state index in [1.807, 2.05) is 6.07 Å². The SMILES string of the molecule is CSc1ncc(Cl)c(C(=O)OCC(=O)NCc2ccccc2Cl)n1. The van der Waals surface area contributed by atoms with Gasteiger partial charge >= 0.3 is 5.97 Å². The first-order valence-corrected chi connectivity index (χ1v) is 8.73. The summed E-state index contributed by atoms with van der Waals surface area (Å²) in [4.78, 5) is 31.6. The van der Waals surface area contributed by atoms with Gasteiger partial charge in [0, 0.05) is 11.6 Å². The Balaban J connectivity index is 1.87. The number of benzene rings is 1. The molecular formula is C15H13Cl2N3O3S. The number of hydrogen-bond donors (Lipinski definition) is 1. The van der Waals surface area contributed by atoms with Crippen LogP contribution in [0.3, 0.4) is 0 Å². The van der Waals surface area contributed by atoms with E-state index in [0.29, 0.717) is 10.2 Å². The third-order valence-corrected chi connectivity index (χ3v) is 4.07. The van der Waals surface area contributed by atoms with Gasteiger partial charge in [0.25, 0.3) is 5.91 Å². The van der Waals surface area contributed by atoms with E-state index in [0.717, 1.165) is 5.56 Å². The number of nitrogens with zero attached hydrogens (tertiary/aromatic N) is 2. The number of aromatic nitrogens is 2. The summed E-state index contributed by atoms with van der Waals surface area (Å²) in [5.74, 6) is -1.25. The molecule has 1 amide bonds. The molecular weight excluding hydrogens is 373 g/mol. The molecule has 2 rings (SSSR count). The molecule has 24 heavy (non-hydrogen) atoms. The molecule has 9 heteroatoms. The van der Waals surface area contributed by atoms with Crippen molar-refractivity contribution in [3.05, 3.63) is 51.8 Å². The van der Waals surface area contributed by atoms with Crippen LogP contribution in [0.2, 0.25) is 10.0 Å². The lowest BCUT2D eigenvalue weighted by Gasteiger charge is -2.08. The number of esters is 1.